The van der Waals surface area contributed by atoms with E-state index in [4.69, 9.17) is 11.6 Å². The van der Waals surface area contributed by atoms with Crippen LogP contribution in [0.3, 0.4) is 0 Å². The normalized spacial score (nSPS) is 14.3. The molecule has 5 nitrogen and oxygen atoms in total. The number of rotatable bonds is 3. The maximum atomic E-state index is 12.4. The van der Waals surface area contributed by atoms with Gasteiger partial charge in [-0.2, -0.15) is 0 Å². The van der Waals surface area contributed by atoms with Gasteiger partial charge >= 0.3 is 0 Å². The van der Waals surface area contributed by atoms with Crippen LogP contribution in [0.15, 0.2) is 42.5 Å². The van der Waals surface area contributed by atoms with Crippen molar-refractivity contribution in [3.8, 4) is 0 Å². The molecule has 1 N–H and O–H groups in total. The summed E-state index contributed by atoms with van der Waals surface area (Å²) in [5.74, 6) is -0.0491. The fourth-order valence-corrected chi connectivity index (χ4v) is 3.43. The minimum Gasteiger partial charge on any atom is -0.367 e. The van der Waals surface area contributed by atoms with Crippen molar-refractivity contribution >= 4 is 34.8 Å². The van der Waals surface area contributed by atoms with Crippen molar-refractivity contribution in [2.75, 3.05) is 36.4 Å². The highest BCUT2D eigenvalue weighted by atomic mass is 35.5. The molecule has 3 rings (SSSR count). The Morgan fingerprint density at radius 3 is 2.35 bits per heavy atom. The van der Waals surface area contributed by atoms with Crippen LogP contribution in [0.4, 0.5) is 11.4 Å². The second-order valence-electron chi connectivity index (χ2n) is 6.43. The Kier molecular flexibility index (Phi) is 5.47. The summed E-state index contributed by atoms with van der Waals surface area (Å²) >= 11 is 6.45. The summed E-state index contributed by atoms with van der Waals surface area (Å²) in [5, 5.41) is 3.48. The molecule has 26 heavy (non-hydrogen) atoms. The molecule has 2 amide bonds. The fraction of sp³-hybridized carbons (Fsp3) is 0.300. The Balaban J connectivity index is 1.69. The maximum absolute atomic E-state index is 12.4. The second kappa shape index (κ2) is 7.79. The van der Waals surface area contributed by atoms with Gasteiger partial charge < -0.3 is 15.1 Å². The number of nitrogens with zero attached hydrogens (tertiary/aromatic N) is 2. The zero-order valence-electron chi connectivity index (χ0n) is 15.0. The summed E-state index contributed by atoms with van der Waals surface area (Å²) in [6.45, 7) is 6.37. The first-order chi connectivity index (χ1) is 12.5. The minimum atomic E-state index is -0.151. The van der Waals surface area contributed by atoms with E-state index in [1.807, 2.05) is 42.2 Å². The number of nitrogens with one attached hydrogen (secondary N) is 1. The predicted molar refractivity (Wildman–Crippen MR) is 105 cm³/mol. The van der Waals surface area contributed by atoms with Gasteiger partial charge in [-0.15, -0.1) is 0 Å². The molecule has 0 radical (unpaired) electrons. The number of aryl methyl sites for hydroxylation is 1. The van der Waals surface area contributed by atoms with E-state index in [2.05, 4.69) is 10.2 Å². The van der Waals surface area contributed by atoms with E-state index in [1.54, 1.807) is 19.1 Å². The van der Waals surface area contributed by atoms with E-state index < -0.39 is 0 Å². The predicted octanol–water partition coefficient (Wildman–Crippen LogP) is 3.57. The SMILES string of the molecule is CC(=O)N1CCN(c2ccc(NC(=O)c3ccccc3C)cc2Cl)CC1. The first kappa shape index (κ1) is 18.3. The molecule has 0 bridgehead atoms. The Labute approximate surface area is 158 Å². The highest BCUT2D eigenvalue weighted by Gasteiger charge is 2.20. The molecule has 0 aromatic heterocycles. The fourth-order valence-electron chi connectivity index (χ4n) is 3.13. The van der Waals surface area contributed by atoms with Gasteiger partial charge in [0.25, 0.3) is 5.91 Å². The summed E-state index contributed by atoms with van der Waals surface area (Å²) in [4.78, 5) is 27.9. The van der Waals surface area contributed by atoms with Crippen molar-refractivity contribution in [2.45, 2.75) is 13.8 Å². The molecule has 1 aliphatic heterocycles. The smallest absolute Gasteiger partial charge is 0.255 e. The largest absolute Gasteiger partial charge is 0.367 e. The van der Waals surface area contributed by atoms with Gasteiger partial charge in [-0.1, -0.05) is 29.8 Å². The molecule has 6 heteroatoms. The van der Waals surface area contributed by atoms with Crippen molar-refractivity contribution < 1.29 is 9.59 Å². The highest BCUT2D eigenvalue weighted by Crippen LogP contribution is 2.30. The van der Waals surface area contributed by atoms with Crippen LogP contribution in [-0.2, 0) is 4.79 Å². The number of carbonyl (C=O) groups is 2. The second-order valence-corrected chi connectivity index (χ2v) is 6.84. The number of piperazine rings is 1. The molecule has 136 valence electrons. The number of halogens is 1. The highest BCUT2D eigenvalue weighted by molar-refractivity contribution is 6.33. The van der Waals surface area contributed by atoms with E-state index in [0.717, 1.165) is 24.3 Å². The van der Waals surface area contributed by atoms with Crippen molar-refractivity contribution in [3.05, 3.63) is 58.6 Å². The molecule has 0 aliphatic carbocycles. The van der Waals surface area contributed by atoms with Crippen molar-refractivity contribution in [1.82, 2.24) is 4.90 Å². The molecule has 2 aromatic carbocycles. The molecular formula is C20H22ClN3O2. The van der Waals surface area contributed by atoms with Gasteiger partial charge in [0.05, 0.1) is 10.7 Å². The Morgan fingerprint density at radius 2 is 1.73 bits per heavy atom. The average Bonchev–Trinajstić information content (AvgIpc) is 2.62. The number of hydrogen-bond acceptors (Lipinski definition) is 3. The van der Waals surface area contributed by atoms with E-state index in [1.165, 1.54) is 0 Å². The molecule has 0 saturated carbocycles. The topological polar surface area (TPSA) is 52.7 Å². The van der Waals surface area contributed by atoms with Crippen LogP contribution < -0.4 is 10.2 Å². The number of carbonyl (C=O) groups excluding carboxylic acids is 2. The lowest BCUT2D eigenvalue weighted by Gasteiger charge is -2.36. The zero-order valence-corrected chi connectivity index (χ0v) is 15.7. The first-order valence-electron chi connectivity index (χ1n) is 8.62. The lowest BCUT2D eigenvalue weighted by Crippen LogP contribution is -2.48. The van der Waals surface area contributed by atoms with E-state index in [-0.39, 0.29) is 11.8 Å². The average molecular weight is 372 g/mol. The molecule has 1 heterocycles. The lowest BCUT2D eigenvalue weighted by atomic mass is 10.1. The summed E-state index contributed by atoms with van der Waals surface area (Å²) in [7, 11) is 0. The molecule has 1 fully saturated rings. The summed E-state index contributed by atoms with van der Waals surface area (Å²) in [5.41, 5.74) is 3.15. The van der Waals surface area contributed by atoms with Crippen LogP contribution in [0, 0.1) is 6.92 Å². The molecule has 1 saturated heterocycles. The third kappa shape index (κ3) is 3.99. The van der Waals surface area contributed by atoms with Crippen LogP contribution in [0.25, 0.3) is 0 Å². The quantitative estimate of drug-likeness (QED) is 0.897. The molecule has 0 spiro atoms. The van der Waals surface area contributed by atoms with Gasteiger partial charge in [0, 0.05) is 44.4 Å². The van der Waals surface area contributed by atoms with Crippen molar-refractivity contribution in [3.63, 3.8) is 0 Å². The van der Waals surface area contributed by atoms with E-state index in [9.17, 15) is 9.59 Å². The third-order valence-corrected chi connectivity index (χ3v) is 4.96. The van der Waals surface area contributed by atoms with E-state index >= 15 is 0 Å². The van der Waals surface area contributed by atoms with E-state index in [0.29, 0.717) is 29.4 Å². The monoisotopic (exact) mass is 371 g/mol. The number of benzene rings is 2. The van der Waals surface area contributed by atoms with Crippen molar-refractivity contribution in [1.29, 1.82) is 0 Å². The Bertz CT molecular complexity index is 830. The van der Waals surface area contributed by atoms with Crippen LogP contribution in [0.1, 0.15) is 22.8 Å². The van der Waals surface area contributed by atoms with Gasteiger partial charge in [0.2, 0.25) is 5.91 Å². The zero-order chi connectivity index (χ0) is 18.7. The number of hydrogen-bond donors (Lipinski definition) is 1. The summed E-state index contributed by atoms with van der Waals surface area (Å²) < 4.78 is 0. The Hall–Kier alpha value is -2.53. The van der Waals surface area contributed by atoms with Gasteiger partial charge in [-0.05, 0) is 36.8 Å². The standard InChI is InChI=1S/C20H22ClN3O2/c1-14-5-3-4-6-17(14)20(26)22-16-7-8-19(18(21)13-16)24-11-9-23(10-12-24)15(2)25/h3-8,13H,9-12H2,1-2H3,(H,22,26). The van der Waals surface area contributed by atoms with Gasteiger partial charge in [0.1, 0.15) is 0 Å². The van der Waals surface area contributed by atoms with Crippen LogP contribution in [0.5, 0.6) is 0 Å². The Morgan fingerprint density at radius 1 is 1.04 bits per heavy atom. The lowest BCUT2D eigenvalue weighted by molar-refractivity contribution is -0.129. The maximum Gasteiger partial charge on any atom is 0.255 e. The molecule has 0 unspecified atom stereocenters. The number of amides is 2. The van der Waals surface area contributed by atoms with Gasteiger partial charge in [-0.3, -0.25) is 9.59 Å². The minimum absolute atomic E-state index is 0.102. The summed E-state index contributed by atoms with van der Waals surface area (Å²) in [6.07, 6.45) is 0. The van der Waals surface area contributed by atoms with Gasteiger partial charge in [0.15, 0.2) is 0 Å². The molecule has 2 aromatic rings. The van der Waals surface area contributed by atoms with Crippen LogP contribution >= 0.6 is 11.6 Å². The first-order valence-corrected chi connectivity index (χ1v) is 9.00. The third-order valence-electron chi connectivity index (χ3n) is 4.66. The molecule has 1 aliphatic rings. The van der Waals surface area contributed by atoms with Gasteiger partial charge in [-0.25, -0.2) is 0 Å². The van der Waals surface area contributed by atoms with Crippen LogP contribution in [0.2, 0.25) is 5.02 Å². The summed E-state index contributed by atoms with van der Waals surface area (Å²) in [6, 6.07) is 13.0. The molecular weight excluding hydrogens is 350 g/mol. The number of anilines is 2. The van der Waals surface area contributed by atoms with Crippen LogP contribution in [-0.4, -0.2) is 42.9 Å². The molecule has 0 atom stereocenters. The van der Waals surface area contributed by atoms with Crippen molar-refractivity contribution in [2.24, 2.45) is 0 Å².